The summed E-state index contributed by atoms with van der Waals surface area (Å²) < 4.78 is 4.89. The molecular weight excluding hydrogens is 304 g/mol. The lowest BCUT2D eigenvalue weighted by Gasteiger charge is -2.06. The van der Waals surface area contributed by atoms with Gasteiger partial charge in [0.15, 0.2) is 5.16 Å². The van der Waals surface area contributed by atoms with Gasteiger partial charge in [0, 0.05) is 0 Å². The van der Waals surface area contributed by atoms with Gasteiger partial charge in [-0.05, 0) is 12.1 Å². The Morgan fingerprint density at radius 2 is 2.27 bits per heavy atom. The Kier molecular flexibility index (Phi) is 5.16. The Labute approximate surface area is 130 Å². The molecule has 1 aromatic carbocycles. The number of hydrogen-bond acceptors (Lipinski definition) is 6. The summed E-state index contributed by atoms with van der Waals surface area (Å²) in [5.41, 5.74) is 0.473. The van der Waals surface area contributed by atoms with Crippen LogP contribution in [-0.2, 0) is 4.79 Å². The Bertz CT molecular complexity index is 782. The fraction of sp³-hybridized carbons (Fsp3) is 0.143. The van der Waals surface area contributed by atoms with Crippen molar-refractivity contribution in [3.63, 3.8) is 0 Å². The SMILES string of the molecule is COc1cc(=O)[nH]c(SCC(=O)Nc2ccccc2C#N)n1. The summed E-state index contributed by atoms with van der Waals surface area (Å²) in [4.78, 5) is 29.8. The highest BCUT2D eigenvalue weighted by Crippen LogP contribution is 2.17. The van der Waals surface area contributed by atoms with E-state index < -0.39 is 0 Å². The summed E-state index contributed by atoms with van der Waals surface area (Å²) in [6.45, 7) is 0. The van der Waals surface area contributed by atoms with Crippen LogP contribution >= 0.6 is 11.8 Å². The molecule has 22 heavy (non-hydrogen) atoms. The number of nitriles is 1. The van der Waals surface area contributed by atoms with Crippen LogP contribution in [0.2, 0.25) is 0 Å². The van der Waals surface area contributed by atoms with Crippen LogP contribution in [-0.4, -0.2) is 28.7 Å². The van der Waals surface area contributed by atoms with Crippen LogP contribution in [0.5, 0.6) is 5.88 Å². The normalized spacial score (nSPS) is 9.82. The number of carbonyl (C=O) groups excluding carboxylic acids is 1. The maximum absolute atomic E-state index is 11.9. The number of methoxy groups -OCH3 is 1. The Balaban J connectivity index is 2.00. The molecule has 0 saturated heterocycles. The van der Waals surface area contributed by atoms with Gasteiger partial charge < -0.3 is 15.0 Å². The molecule has 0 atom stereocenters. The Morgan fingerprint density at radius 3 is 3.00 bits per heavy atom. The molecule has 0 unspecified atom stereocenters. The van der Waals surface area contributed by atoms with Gasteiger partial charge in [0.25, 0.3) is 5.56 Å². The molecule has 1 heterocycles. The zero-order valence-electron chi connectivity index (χ0n) is 11.6. The number of H-pyrrole nitrogens is 1. The van der Waals surface area contributed by atoms with E-state index in [0.717, 1.165) is 11.8 Å². The molecule has 1 aromatic heterocycles. The number of aromatic amines is 1. The van der Waals surface area contributed by atoms with Gasteiger partial charge in [0.2, 0.25) is 11.8 Å². The van der Waals surface area contributed by atoms with E-state index in [1.165, 1.54) is 13.2 Å². The summed E-state index contributed by atoms with van der Waals surface area (Å²) in [5.74, 6) is -0.0878. The van der Waals surface area contributed by atoms with Crippen LogP contribution in [0.1, 0.15) is 5.56 Å². The molecule has 7 nitrogen and oxygen atoms in total. The van der Waals surface area contributed by atoms with E-state index in [0.29, 0.717) is 11.3 Å². The molecule has 0 aliphatic heterocycles. The lowest BCUT2D eigenvalue weighted by molar-refractivity contribution is -0.113. The highest BCUT2D eigenvalue weighted by molar-refractivity contribution is 7.99. The number of para-hydroxylation sites is 1. The predicted octanol–water partition coefficient (Wildman–Crippen LogP) is 1.38. The summed E-state index contributed by atoms with van der Waals surface area (Å²) in [6.07, 6.45) is 0. The minimum Gasteiger partial charge on any atom is -0.481 e. The van der Waals surface area contributed by atoms with Crippen LogP contribution in [0.3, 0.4) is 0 Å². The van der Waals surface area contributed by atoms with Crippen LogP contribution in [0, 0.1) is 11.3 Å². The van der Waals surface area contributed by atoms with Crippen LogP contribution in [0.25, 0.3) is 0 Å². The number of rotatable bonds is 5. The number of ether oxygens (including phenoxy) is 1. The maximum atomic E-state index is 11.9. The predicted molar refractivity (Wildman–Crippen MR) is 81.9 cm³/mol. The molecule has 0 bridgehead atoms. The number of hydrogen-bond donors (Lipinski definition) is 2. The number of benzene rings is 1. The van der Waals surface area contributed by atoms with E-state index in [1.807, 2.05) is 6.07 Å². The first-order valence-corrected chi connectivity index (χ1v) is 7.18. The number of aromatic nitrogens is 2. The van der Waals surface area contributed by atoms with Gasteiger partial charge in [-0.1, -0.05) is 23.9 Å². The molecule has 2 rings (SSSR count). The minimum absolute atomic E-state index is 0.0376. The number of amides is 1. The van der Waals surface area contributed by atoms with Crippen LogP contribution in [0.4, 0.5) is 5.69 Å². The maximum Gasteiger partial charge on any atom is 0.255 e. The van der Waals surface area contributed by atoms with E-state index in [-0.39, 0.29) is 28.3 Å². The van der Waals surface area contributed by atoms with Gasteiger partial charge in [0.1, 0.15) is 6.07 Å². The number of nitrogens with zero attached hydrogens (tertiary/aromatic N) is 2. The highest BCUT2D eigenvalue weighted by Gasteiger charge is 2.09. The number of anilines is 1. The fourth-order valence-corrected chi connectivity index (χ4v) is 2.26. The van der Waals surface area contributed by atoms with Gasteiger partial charge in [0.05, 0.1) is 30.2 Å². The van der Waals surface area contributed by atoms with Crippen LogP contribution < -0.4 is 15.6 Å². The second-order valence-electron chi connectivity index (χ2n) is 4.09. The third-order valence-electron chi connectivity index (χ3n) is 2.57. The second-order valence-corrected chi connectivity index (χ2v) is 5.05. The Morgan fingerprint density at radius 1 is 1.50 bits per heavy atom. The van der Waals surface area contributed by atoms with Crippen molar-refractivity contribution < 1.29 is 9.53 Å². The van der Waals surface area contributed by atoms with Crippen molar-refractivity contribution in [3.05, 3.63) is 46.2 Å². The monoisotopic (exact) mass is 316 g/mol. The fourth-order valence-electron chi connectivity index (χ4n) is 1.60. The first-order chi connectivity index (χ1) is 10.6. The van der Waals surface area contributed by atoms with Crippen molar-refractivity contribution in [2.45, 2.75) is 5.16 Å². The summed E-state index contributed by atoms with van der Waals surface area (Å²) in [5, 5.41) is 11.9. The van der Waals surface area contributed by atoms with Crippen molar-refractivity contribution in [2.75, 3.05) is 18.2 Å². The first-order valence-electron chi connectivity index (χ1n) is 6.19. The van der Waals surface area contributed by atoms with Crippen LogP contribution in [0.15, 0.2) is 40.3 Å². The molecule has 0 spiro atoms. The van der Waals surface area contributed by atoms with Crippen molar-refractivity contribution in [2.24, 2.45) is 0 Å². The molecular formula is C14H12N4O3S. The molecule has 0 radical (unpaired) electrons. The first kappa shape index (κ1) is 15.6. The van der Waals surface area contributed by atoms with E-state index in [9.17, 15) is 9.59 Å². The van der Waals surface area contributed by atoms with Gasteiger partial charge in [-0.15, -0.1) is 0 Å². The van der Waals surface area contributed by atoms with Gasteiger partial charge >= 0.3 is 0 Å². The molecule has 112 valence electrons. The lowest BCUT2D eigenvalue weighted by atomic mass is 10.2. The minimum atomic E-state index is -0.357. The number of thioether (sulfide) groups is 1. The van der Waals surface area contributed by atoms with E-state index in [1.54, 1.807) is 24.3 Å². The molecule has 1 amide bonds. The van der Waals surface area contributed by atoms with E-state index in [4.69, 9.17) is 10.00 Å². The number of nitrogens with one attached hydrogen (secondary N) is 2. The zero-order valence-corrected chi connectivity index (χ0v) is 12.4. The van der Waals surface area contributed by atoms with E-state index >= 15 is 0 Å². The lowest BCUT2D eigenvalue weighted by Crippen LogP contribution is -2.16. The standard InChI is InChI=1S/C14H12N4O3S/c1-21-13-6-11(19)17-14(18-13)22-8-12(20)16-10-5-3-2-4-9(10)7-15/h2-6H,8H2,1H3,(H,16,20)(H,17,18,19). The van der Waals surface area contributed by atoms with Gasteiger partial charge in [-0.2, -0.15) is 10.2 Å². The quantitative estimate of drug-likeness (QED) is 0.637. The van der Waals surface area contributed by atoms with E-state index in [2.05, 4.69) is 15.3 Å². The Hall–Kier alpha value is -2.79. The third kappa shape index (κ3) is 4.10. The summed E-state index contributed by atoms with van der Waals surface area (Å²) >= 11 is 1.06. The highest BCUT2D eigenvalue weighted by atomic mass is 32.2. The van der Waals surface area contributed by atoms with Gasteiger partial charge in [-0.25, -0.2) is 0 Å². The van der Waals surface area contributed by atoms with Crippen molar-refractivity contribution in [1.82, 2.24) is 9.97 Å². The molecule has 0 saturated carbocycles. The average Bonchev–Trinajstić information content (AvgIpc) is 2.53. The molecule has 8 heteroatoms. The molecule has 2 aromatic rings. The van der Waals surface area contributed by atoms with Crippen molar-refractivity contribution in [1.29, 1.82) is 5.26 Å². The van der Waals surface area contributed by atoms with Crippen molar-refractivity contribution >= 4 is 23.4 Å². The van der Waals surface area contributed by atoms with Crippen molar-refractivity contribution in [3.8, 4) is 11.9 Å². The smallest absolute Gasteiger partial charge is 0.255 e. The topological polar surface area (TPSA) is 108 Å². The third-order valence-corrected chi connectivity index (χ3v) is 3.44. The largest absolute Gasteiger partial charge is 0.481 e. The molecule has 2 N–H and O–H groups in total. The molecule has 0 fully saturated rings. The molecule has 0 aliphatic carbocycles. The zero-order chi connectivity index (χ0) is 15.9. The van der Waals surface area contributed by atoms with Gasteiger partial charge in [-0.3, -0.25) is 9.59 Å². The summed E-state index contributed by atoms with van der Waals surface area (Å²) in [6, 6.07) is 9.92. The number of carbonyl (C=O) groups is 1. The molecule has 0 aliphatic rings. The second kappa shape index (κ2) is 7.28. The average molecular weight is 316 g/mol. The summed E-state index contributed by atoms with van der Waals surface area (Å²) in [7, 11) is 1.40.